The van der Waals surface area contributed by atoms with E-state index in [1.165, 1.54) is 54.4 Å². The molecule has 0 saturated heterocycles. The Kier molecular flexibility index (Phi) is 5.21. The van der Waals surface area contributed by atoms with Gasteiger partial charge >= 0.3 is 0 Å². The lowest BCUT2D eigenvalue weighted by atomic mass is 10.2. The maximum absolute atomic E-state index is 13.6. The van der Waals surface area contributed by atoms with E-state index in [1.807, 2.05) is 0 Å². The molecule has 0 unspecified atom stereocenters. The fourth-order valence-corrected chi connectivity index (χ4v) is 5.03. The van der Waals surface area contributed by atoms with Gasteiger partial charge in [0.1, 0.15) is 27.8 Å². The first-order valence-electron chi connectivity index (χ1n) is 10.1. The number of aromatic nitrogens is 3. The van der Waals surface area contributed by atoms with Crippen molar-refractivity contribution in [2.75, 3.05) is 12.8 Å². The number of nitrogens with zero attached hydrogens (tertiary/aromatic N) is 4. The van der Waals surface area contributed by atoms with Crippen LogP contribution < -0.4 is 10.5 Å². The van der Waals surface area contributed by atoms with Crippen molar-refractivity contribution in [2.24, 2.45) is 5.10 Å². The second-order valence-corrected chi connectivity index (χ2v) is 9.27. The van der Waals surface area contributed by atoms with E-state index in [9.17, 15) is 12.8 Å². The predicted octanol–water partition coefficient (Wildman–Crippen LogP) is 4.03. The number of hydrogen-bond acceptors (Lipinski definition) is 7. The molecule has 10 heteroatoms. The quantitative estimate of drug-likeness (QED) is 0.384. The first-order valence-corrected chi connectivity index (χ1v) is 11.6. The van der Waals surface area contributed by atoms with Gasteiger partial charge in [-0.25, -0.2) is 22.8 Å². The number of anilines is 1. The molecule has 0 atom stereocenters. The van der Waals surface area contributed by atoms with Crippen molar-refractivity contribution >= 4 is 44.1 Å². The summed E-state index contributed by atoms with van der Waals surface area (Å²) in [6.07, 6.45) is 1.44. The third-order valence-corrected chi connectivity index (χ3v) is 7.09. The molecule has 0 spiro atoms. The Morgan fingerprint density at radius 1 is 0.971 bits per heavy atom. The van der Waals surface area contributed by atoms with Crippen LogP contribution in [0.5, 0.6) is 5.75 Å². The van der Waals surface area contributed by atoms with Gasteiger partial charge in [0.15, 0.2) is 5.65 Å². The summed E-state index contributed by atoms with van der Waals surface area (Å²) in [6, 6.07) is 18.7. The number of halogens is 1. The van der Waals surface area contributed by atoms with Crippen LogP contribution >= 0.6 is 0 Å². The maximum Gasteiger partial charge on any atom is 0.212 e. The first-order chi connectivity index (χ1) is 16.4. The van der Waals surface area contributed by atoms with E-state index < -0.39 is 9.84 Å². The number of nitrogen functional groups attached to an aromatic ring is 1. The molecule has 8 nitrogen and oxygen atoms in total. The Labute approximate surface area is 194 Å². The zero-order valence-electron chi connectivity index (χ0n) is 17.9. The van der Waals surface area contributed by atoms with E-state index in [0.29, 0.717) is 22.3 Å². The lowest BCUT2D eigenvalue weighted by Gasteiger charge is -2.06. The lowest BCUT2D eigenvalue weighted by Crippen LogP contribution is -2.06. The van der Waals surface area contributed by atoms with E-state index in [0.717, 1.165) is 0 Å². The molecule has 0 bridgehead atoms. The molecule has 0 amide bonds. The third-order valence-electron chi connectivity index (χ3n) is 5.26. The highest BCUT2D eigenvalue weighted by atomic mass is 32.2. The zero-order valence-corrected chi connectivity index (χ0v) is 18.7. The van der Waals surface area contributed by atoms with Crippen LogP contribution in [0, 0.1) is 5.82 Å². The van der Waals surface area contributed by atoms with Crippen LogP contribution in [0.2, 0.25) is 0 Å². The number of nitrogens with two attached hydrogens (primary N) is 1. The molecule has 0 aliphatic carbocycles. The maximum atomic E-state index is 13.6. The van der Waals surface area contributed by atoms with Crippen LogP contribution in [-0.2, 0) is 9.84 Å². The van der Waals surface area contributed by atoms with Crippen molar-refractivity contribution in [1.82, 2.24) is 14.6 Å². The zero-order chi connectivity index (χ0) is 23.9. The minimum absolute atomic E-state index is 0.0246. The van der Waals surface area contributed by atoms with Crippen LogP contribution in [-0.4, -0.2) is 36.4 Å². The number of methoxy groups -OCH3 is 1. The number of benzene rings is 3. The summed E-state index contributed by atoms with van der Waals surface area (Å²) in [5.41, 5.74) is 8.30. The second kappa shape index (κ2) is 8.23. The van der Waals surface area contributed by atoms with Crippen LogP contribution in [0.15, 0.2) is 87.7 Å². The van der Waals surface area contributed by atoms with Crippen LogP contribution in [0.25, 0.3) is 22.2 Å². The molecule has 34 heavy (non-hydrogen) atoms. The Morgan fingerprint density at radius 2 is 1.62 bits per heavy atom. The molecular weight excluding hydrogens is 457 g/mol. The van der Waals surface area contributed by atoms with Gasteiger partial charge < -0.3 is 10.5 Å². The summed E-state index contributed by atoms with van der Waals surface area (Å²) in [6.45, 7) is 0. The van der Waals surface area contributed by atoms with E-state index in [-0.39, 0.29) is 32.6 Å². The van der Waals surface area contributed by atoms with Gasteiger partial charge in [0.2, 0.25) is 9.84 Å². The second-order valence-electron chi connectivity index (χ2n) is 7.39. The summed E-state index contributed by atoms with van der Waals surface area (Å²) < 4.78 is 46.9. The molecule has 3 aromatic carbocycles. The standard InChI is InChI=1S/C24H18FN5O3S/c1-33-17-10-12-18(13-11-17)34(31,32)22-21-24(29-20-5-3-2-4-19(20)28-21)30(23(22)26)27-14-15-6-8-16(25)9-7-15/h2-14H,26H2,1H3. The molecule has 5 aromatic rings. The van der Waals surface area contributed by atoms with Crippen molar-refractivity contribution in [3.8, 4) is 5.75 Å². The van der Waals surface area contributed by atoms with Crippen LogP contribution in [0.4, 0.5) is 10.2 Å². The van der Waals surface area contributed by atoms with Gasteiger partial charge in [-0.1, -0.05) is 24.3 Å². The van der Waals surface area contributed by atoms with Crippen molar-refractivity contribution in [2.45, 2.75) is 9.79 Å². The Balaban J connectivity index is 1.76. The minimum atomic E-state index is -4.08. The summed E-state index contributed by atoms with van der Waals surface area (Å²) in [4.78, 5) is 8.98. The Morgan fingerprint density at radius 3 is 2.26 bits per heavy atom. The molecule has 170 valence electrons. The van der Waals surface area contributed by atoms with Gasteiger partial charge in [-0.05, 0) is 54.1 Å². The monoisotopic (exact) mass is 475 g/mol. The van der Waals surface area contributed by atoms with E-state index in [2.05, 4.69) is 15.1 Å². The van der Waals surface area contributed by atoms with Crippen molar-refractivity contribution in [3.05, 3.63) is 84.2 Å². The molecule has 0 fully saturated rings. The molecule has 2 N–H and O–H groups in total. The molecule has 5 rings (SSSR count). The molecule has 0 aliphatic rings. The normalized spacial score (nSPS) is 12.1. The largest absolute Gasteiger partial charge is 0.497 e. The fraction of sp³-hybridized carbons (Fsp3) is 0.0417. The van der Waals surface area contributed by atoms with Gasteiger partial charge in [-0.15, -0.1) is 0 Å². The Bertz CT molecular complexity index is 1660. The molecule has 2 heterocycles. The fourth-order valence-electron chi connectivity index (χ4n) is 3.55. The topological polar surface area (TPSA) is 112 Å². The summed E-state index contributed by atoms with van der Waals surface area (Å²) in [7, 11) is -2.59. The summed E-state index contributed by atoms with van der Waals surface area (Å²) in [5, 5.41) is 4.35. The molecule has 0 aliphatic heterocycles. The molecule has 0 radical (unpaired) electrons. The van der Waals surface area contributed by atoms with Gasteiger partial charge in [0.25, 0.3) is 0 Å². The smallest absolute Gasteiger partial charge is 0.212 e. The van der Waals surface area contributed by atoms with E-state index in [4.69, 9.17) is 10.5 Å². The highest BCUT2D eigenvalue weighted by Crippen LogP contribution is 2.35. The van der Waals surface area contributed by atoms with Crippen molar-refractivity contribution in [3.63, 3.8) is 0 Å². The number of sulfone groups is 1. The highest BCUT2D eigenvalue weighted by Gasteiger charge is 2.30. The van der Waals surface area contributed by atoms with Gasteiger partial charge in [-0.3, -0.25) is 0 Å². The SMILES string of the molecule is COc1ccc(S(=O)(=O)c2c(N)n(N=Cc3ccc(F)cc3)c3nc4ccccc4nc23)cc1. The van der Waals surface area contributed by atoms with E-state index >= 15 is 0 Å². The number of ether oxygens (including phenoxy) is 1. The Hall–Kier alpha value is -4.31. The van der Waals surface area contributed by atoms with Gasteiger partial charge in [0, 0.05) is 0 Å². The average molecular weight is 476 g/mol. The number of hydrogen-bond donors (Lipinski definition) is 1. The number of para-hydroxylation sites is 2. The van der Waals surface area contributed by atoms with Crippen LogP contribution in [0.1, 0.15) is 5.56 Å². The minimum Gasteiger partial charge on any atom is -0.497 e. The summed E-state index contributed by atoms with van der Waals surface area (Å²) in [5.74, 6) is -0.00296. The molecular formula is C24H18FN5O3S. The number of fused-ring (bicyclic) bond motifs is 2. The highest BCUT2D eigenvalue weighted by molar-refractivity contribution is 7.92. The lowest BCUT2D eigenvalue weighted by molar-refractivity contribution is 0.414. The van der Waals surface area contributed by atoms with Crippen molar-refractivity contribution < 1.29 is 17.5 Å². The van der Waals surface area contributed by atoms with Gasteiger partial charge in [0.05, 0.1) is 29.3 Å². The number of rotatable bonds is 5. The average Bonchev–Trinajstić information content (AvgIpc) is 3.12. The van der Waals surface area contributed by atoms with Crippen molar-refractivity contribution in [1.29, 1.82) is 0 Å². The first kappa shape index (κ1) is 21.5. The third kappa shape index (κ3) is 3.63. The molecule has 2 aromatic heterocycles. The predicted molar refractivity (Wildman–Crippen MR) is 127 cm³/mol. The van der Waals surface area contributed by atoms with E-state index in [1.54, 1.807) is 36.4 Å². The van der Waals surface area contributed by atoms with Gasteiger partial charge in [-0.2, -0.15) is 9.78 Å². The molecule has 0 saturated carbocycles. The van der Waals surface area contributed by atoms with Crippen LogP contribution in [0.3, 0.4) is 0 Å². The summed E-state index contributed by atoms with van der Waals surface area (Å²) >= 11 is 0.